The molecule has 0 aliphatic carbocycles. The zero-order valence-electron chi connectivity index (χ0n) is 12.2. The van der Waals surface area contributed by atoms with Crippen LogP contribution in [-0.2, 0) is 0 Å². The van der Waals surface area contributed by atoms with E-state index >= 15 is 0 Å². The molecule has 3 nitrogen and oxygen atoms in total. The predicted octanol–water partition coefficient (Wildman–Crippen LogP) is 3.43. The number of carbonyl (C=O) groups excluding carboxylic acids is 1. The molecule has 0 aliphatic rings. The maximum atomic E-state index is 11.8. The van der Waals surface area contributed by atoms with E-state index in [9.17, 15) is 4.79 Å². The topological polar surface area (TPSA) is 23.6 Å². The smallest absolute Gasteiger partial charge is 0.161 e. The average Bonchev–Trinajstić information content (AvgIpc) is 2.33. The van der Waals surface area contributed by atoms with E-state index in [2.05, 4.69) is 46.7 Å². The molecular weight excluding hydrogens is 304 g/mol. The normalized spacial score (nSPS) is 10.8. The average molecular weight is 327 g/mol. The summed E-state index contributed by atoms with van der Waals surface area (Å²) in [7, 11) is 4.13. The standard InChI is InChI=1S/C15H23BrN2O/c1-5-8-18(10-9-17(3)4)15-11-13(16)6-7-14(15)12(2)19/h6-7,11H,5,8-10H2,1-4H3. The second-order valence-electron chi connectivity index (χ2n) is 5.01. The molecule has 1 rings (SSSR count). The number of likely N-dealkylation sites (N-methyl/N-ethyl adjacent to an activating group) is 1. The summed E-state index contributed by atoms with van der Waals surface area (Å²) in [5.74, 6) is 0.119. The van der Waals surface area contributed by atoms with Crippen LogP contribution in [0.3, 0.4) is 0 Å². The molecule has 1 aromatic rings. The largest absolute Gasteiger partial charge is 0.370 e. The Hall–Kier alpha value is -0.870. The minimum absolute atomic E-state index is 0.119. The Balaban J connectivity index is 3.05. The van der Waals surface area contributed by atoms with E-state index in [0.29, 0.717) is 0 Å². The molecule has 0 atom stereocenters. The van der Waals surface area contributed by atoms with Crippen molar-refractivity contribution in [1.29, 1.82) is 0 Å². The van der Waals surface area contributed by atoms with Crippen LogP contribution in [0.4, 0.5) is 5.69 Å². The van der Waals surface area contributed by atoms with Crippen molar-refractivity contribution in [3.8, 4) is 0 Å². The van der Waals surface area contributed by atoms with Crippen molar-refractivity contribution in [3.63, 3.8) is 0 Å². The SMILES string of the molecule is CCCN(CCN(C)C)c1cc(Br)ccc1C(C)=O. The van der Waals surface area contributed by atoms with Gasteiger partial charge < -0.3 is 9.80 Å². The van der Waals surface area contributed by atoms with Crippen LogP contribution in [0.25, 0.3) is 0 Å². The molecule has 0 heterocycles. The molecular formula is C15H23BrN2O. The lowest BCUT2D eigenvalue weighted by molar-refractivity contribution is 0.101. The second-order valence-corrected chi connectivity index (χ2v) is 5.92. The van der Waals surface area contributed by atoms with Gasteiger partial charge in [0.1, 0.15) is 0 Å². The Morgan fingerprint density at radius 2 is 1.89 bits per heavy atom. The molecule has 0 spiro atoms. The van der Waals surface area contributed by atoms with Crippen LogP contribution >= 0.6 is 15.9 Å². The maximum absolute atomic E-state index is 11.8. The van der Waals surface area contributed by atoms with E-state index in [1.165, 1.54) is 0 Å². The zero-order chi connectivity index (χ0) is 14.4. The Kier molecular flexibility index (Phi) is 6.52. The first kappa shape index (κ1) is 16.2. The first-order valence-corrected chi connectivity index (χ1v) is 7.45. The summed E-state index contributed by atoms with van der Waals surface area (Å²) in [6.07, 6.45) is 1.07. The number of anilines is 1. The number of Topliss-reactive ketones (excluding diaryl/α,β-unsaturated/α-hetero) is 1. The van der Waals surface area contributed by atoms with Gasteiger partial charge in [0.2, 0.25) is 0 Å². The number of ketones is 1. The Morgan fingerprint density at radius 1 is 1.21 bits per heavy atom. The third-order valence-corrected chi connectivity index (χ3v) is 3.48. The maximum Gasteiger partial charge on any atom is 0.161 e. The van der Waals surface area contributed by atoms with E-state index in [4.69, 9.17) is 0 Å². The number of halogens is 1. The molecule has 0 amide bonds. The number of benzene rings is 1. The van der Waals surface area contributed by atoms with Crippen LogP contribution in [0.1, 0.15) is 30.6 Å². The Morgan fingerprint density at radius 3 is 2.42 bits per heavy atom. The molecule has 0 saturated heterocycles. The van der Waals surface area contributed by atoms with Gasteiger partial charge in [-0.1, -0.05) is 22.9 Å². The first-order chi connectivity index (χ1) is 8.95. The number of carbonyl (C=O) groups is 1. The molecule has 0 fully saturated rings. The molecule has 106 valence electrons. The van der Waals surface area contributed by atoms with Gasteiger partial charge in [0.25, 0.3) is 0 Å². The Bertz CT molecular complexity index is 432. The summed E-state index contributed by atoms with van der Waals surface area (Å²) < 4.78 is 1.01. The summed E-state index contributed by atoms with van der Waals surface area (Å²) in [5.41, 5.74) is 1.83. The van der Waals surface area contributed by atoms with Crippen LogP contribution in [0, 0.1) is 0 Å². The van der Waals surface area contributed by atoms with E-state index in [1.54, 1.807) is 6.92 Å². The van der Waals surface area contributed by atoms with Crippen LogP contribution in [-0.4, -0.2) is 44.4 Å². The minimum Gasteiger partial charge on any atom is -0.370 e. The fourth-order valence-corrected chi connectivity index (χ4v) is 2.36. The fraction of sp³-hybridized carbons (Fsp3) is 0.533. The minimum atomic E-state index is 0.119. The van der Waals surface area contributed by atoms with E-state index in [1.807, 2.05) is 18.2 Å². The molecule has 0 unspecified atom stereocenters. The highest BCUT2D eigenvalue weighted by atomic mass is 79.9. The highest BCUT2D eigenvalue weighted by molar-refractivity contribution is 9.10. The van der Waals surface area contributed by atoms with Crippen molar-refractivity contribution in [1.82, 2.24) is 4.90 Å². The number of rotatable bonds is 7. The monoisotopic (exact) mass is 326 g/mol. The van der Waals surface area contributed by atoms with E-state index in [0.717, 1.165) is 41.8 Å². The van der Waals surface area contributed by atoms with E-state index < -0.39 is 0 Å². The summed E-state index contributed by atoms with van der Waals surface area (Å²) in [6.45, 7) is 6.66. The zero-order valence-corrected chi connectivity index (χ0v) is 13.8. The van der Waals surface area contributed by atoms with Gasteiger partial charge >= 0.3 is 0 Å². The van der Waals surface area contributed by atoms with Crippen LogP contribution in [0.5, 0.6) is 0 Å². The third-order valence-electron chi connectivity index (χ3n) is 2.99. The van der Waals surface area contributed by atoms with Gasteiger partial charge in [0.15, 0.2) is 5.78 Å². The van der Waals surface area contributed by atoms with Crippen molar-refractivity contribution in [2.24, 2.45) is 0 Å². The molecule has 1 aromatic carbocycles. The van der Waals surface area contributed by atoms with Gasteiger partial charge in [0.05, 0.1) is 0 Å². The van der Waals surface area contributed by atoms with Gasteiger partial charge in [-0.2, -0.15) is 0 Å². The molecule has 0 aliphatic heterocycles. The first-order valence-electron chi connectivity index (χ1n) is 6.65. The molecule has 0 N–H and O–H groups in total. The summed E-state index contributed by atoms with van der Waals surface area (Å²) in [5, 5.41) is 0. The molecule has 0 aromatic heterocycles. The van der Waals surface area contributed by atoms with Crippen LogP contribution < -0.4 is 4.90 Å². The number of hydrogen-bond acceptors (Lipinski definition) is 3. The number of nitrogens with zero attached hydrogens (tertiary/aromatic N) is 2. The molecule has 4 heteroatoms. The van der Waals surface area contributed by atoms with E-state index in [-0.39, 0.29) is 5.78 Å². The molecule has 0 radical (unpaired) electrons. The summed E-state index contributed by atoms with van der Waals surface area (Å²) >= 11 is 3.50. The highest BCUT2D eigenvalue weighted by Crippen LogP contribution is 2.26. The predicted molar refractivity (Wildman–Crippen MR) is 85.2 cm³/mol. The van der Waals surface area contributed by atoms with Gasteiger partial charge in [0, 0.05) is 35.4 Å². The highest BCUT2D eigenvalue weighted by Gasteiger charge is 2.14. The van der Waals surface area contributed by atoms with Gasteiger partial charge in [-0.15, -0.1) is 0 Å². The van der Waals surface area contributed by atoms with Crippen molar-refractivity contribution < 1.29 is 4.79 Å². The van der Waals surface area contributed by atoms with Gasteiger partial charge in [-0.3, -0.25) is 4.79 Å². The van der Waals surface area contributed by atoms with Crippen LogP contribution in [0.15, 0.2) is 22.7 Å². The van der Waals surface area contributed by atoms with Crippen molar-refractivity contribution >= 4 is 27.4 Å². The van der Waals surface area contributed by atoms with Crippen LogP contribution in [0.2, 0.25) is 0 Å². The lowest BCUT2D eigenvalue weighted by Gasteiger charge is -2.27. The Labute approximate surface area is 124 Å². The fourth-order valence-electron chi connectivity index (χ4n) is 2.01. The lowest BCUT2D eigenvalue weighted by Crippen LogP contribution is -2.33. The molecule has 0 bridgehead atoms. The molecule has 0 saturated carbocycles. The quantitative estimate of drug-likeness (QED) is 0.717. The summed E-state index contributed by atoms with van der Waals surface area (Å²) in [4.78, 5) is 16.2. The molecule has 19 heavy (non-hydrogen) atoms. The second kappa shape index (κ2) is 7.65. The van der Waals surface area contributed by atoms with Crippen molar-refractivity contribution in [2.45, 2.75) is 20.3 Å². The summed E-state index contributed by atoms with van der Waals surface area (Å²) in [6, 6.07) is 5.87. The van der Waals surface area contributed by atoms with Gasteiger partial charge in [-0.05, 0) is 45.6 Å². The van der Waals surface area contributed by atoms with Crippen molar-refractivity contribution in [3.05, 3.63) is 28.2 Å². The third kappa shape index (κ3) is 4.96. The lowest BCUT2D eigenvalue weighted by atomic mass is 10.1. The van der Waals surface area contributed by atoms with Crippen molar-refractivity contribution in [2.75, 3.05) is 38.6 Å². The van der Waals surface area contributed by atoms with Gasteiger partial charge in [-0.25, -0.2) is 0 Å². The number of hydrogen-bond donors (Lipinski definition) is 0.